The molecule has 0 aliphatic heterocycles. The first-order valence-corrected chi connectivity index (χ1v) is 7.84. The van der Waals surface area contributed by atoms with Gasteiger partial charge < -0.3 is 15.4 Å². The van der Waals surface area contributed by atoms with Gasteiger partial charge >= 0.3 is 17.8 Å². The standard InChI is InChI=1S/C18H18F3N3O3/c1-11-5-4-6-13(9-11)15(25)24-17(16(26)27-3,18(19,20)21)23-14-10-12(2)7-8-22-14/h4-10H,1-3H3,(H,22,23)(H,24,25)/t17-/m1/s1. The van der Waals surface area contributed by atoms with Crippen molar-refractivity contribution in [1.29, 1.82) is 0 Å². The van der Waals surface area contributed by atoms with Crippen LogP contribution in [0.25, 0.3) is 0 Å². The number of halogens is 3. The average Bonchev–Trinajstić information content (AvgIpc) is 2.59. The van der Waals surface area contributed by atoms with Crippen molar-refractivity contribution < 1.29 is 27.5 Å². The van der Waals surface area contributed by atoms with E-state index in [1.165, 1.54) is 30.5 Å². The van der Waals surface area contributed by atoms with Crippen molar-refractivity contribution in [3.63, 3.8) is 0 Å². The number of nitrogens with zero attached hydrogens (tertiary/aromatic N) is 1. The van der Waals surface area contributed by atoms with Gasteiger partial charge in [0, 0.05) is 11.8 Å². The highest BCUT2D eigenvalue weighted by atomic mass is 19.4. The van der Waals surface area contributed by atoms with Crippen LogP contribution in [0.5, 0.6) is 0 Å². The van der Waals surface area contributed by atoms with Crippen molar-refractivity contribution in [2.24, 2.45) is 0 Å². The zero-order valence-corrected chi connectivity index (χ0v) is 14.8. The van der Waals surface area contributed by atoms with E-state index >= 15 is 0 Å². The Balaban J connectivity index is 2.50. The van der Waals surface area contributed by atoms with Crippen LogP contribution in [0, 0.1) is 13.8 Å². The molecule has 0 fully saturated rings. The van der Waals surface area contributed by atoms with Gasteiger partial charge in [-0.05, 0) is 43.7 Å². The zero-order chi connectivity index (χ0) is 20.2. The number of rotatable bonds is 5. The summed E-state index contributed by atoms with van der Waals surface area (Å²) in [6, 6.07) is 8.83. The molecular formula is C18H18F3N3O3. The maximum absolute atomic E-state index is 13.9. The van der Waals surface area contributed by atoms with E-state index in [0.717, 1.165) is 7.11 Å². The van der Waals surface area contributed by atoms with Crippen molar-refractivity contribution in [3.05, 3.63) is 59.3 Å². The van der Waals surface area contributed by atoms with E-state index in [0.29, 0.717) is 11.1 Å². The number of amides is 1. The van der Waals surface area contributed by atoms with Crippen molar-refractivity contribution in [2.75, 3.05) is 12.4 Å². The molecule has 1 aromatic heterocycles. The molecule has 2 N–H and O–H groups in total. The molecule has 2 rings (SSSR count). The van der Waals surface area contributed by atoms with Crippen molar-refractivity contribution in [3.8, 4) is 0 Å². The van der Waals surface area contributed by atoms with E-state index in [-0.39, 0.29) is 11.4 Å². The van der Waals surface area contributed by atoms with Gasteiger partial charge in [0.15, 0.2) is 0 Å². The fourth-order valence-electron chi connectivity index (χ4n) is 2.37. The SMILES string of the molecule is COC(=O)[C@](NC(=O)c1cccc(C)c1)(Nc1cc(C)ccn1)C(F)(F)F. The van der Waals surface area contributed by atoms with Crippen LogP contribution >= 0.6 is 0 Å². The highest BCUT2D eigenvalue weighted by Gasteiger charge is 2.63. The van der Waals surface area contributed by atoms with E-state index in [9.17, 15) is 22.8 Å². The number of ether oxygens (including phenoxy) is 1. The summed E-state index contributed by atoms with van der Waals surface area (Å²) in [6.45, 7) is 3.33. The predicted molar refractivity (Wildman–Crippen MR) is 92.0 cm³/mol. The van der Waals surface area contributed by atoms with Gasteiger partial charge in [-0.15, -0.1) is 0 Å². The van der Waals surface area contributed by atoms with Crippen molar-refractivity contribution >= 4 is 17.7 Å². The number of alkyl halides is 3. The van der Waals surface area contributed by atoms with E-state index in [1.807, 2.05) is 5.32 Å². The summed E-state index contributed by atoms with van der Waals surface area (Å²) < 4.78 is 46.2. The second-order valence-corrected chi connectivity index (χ2v) is 5.91. The summed E-state index contributed by atoms with van der Waals surface area (Å²) >= 11 is 0. The van der Waals surface area contributed by atoms with Gasteiger partial charge in [0.1, 0.15) is 5.82 Å². The first-order valence-electron chi connectivity index (χ1n) is 7.84. The highest BCUT2D eigenvalue weighted by molar-refractivity contribution is 5.99. The topological polar surface area (TPSA) is 80.3 Å². The molecule has 1 aromatic carbocycles. The van der Waals surface area contributed by atoms with Gasteiger partial charge in [0.05, 0.1) is 7.11 Å². The minimum absolute atomic E-state index is 0.0356. The number of esters is 1. The molecule has 0 bridgehead atoms. The second-order valence-electron chi connectivity index (χ2n) is 5.91. The fraction of sp³-hybridized carbons (Fsp3) is 0.278. The van der Waals surface area contributed by atoms with Gasteiger partial charge in [-0.1, -0.05) is 17.7 Å². The van der Waals surface area contributed by atoms with Crippen LogP contribution in [0.1, 0.15) is 21.5 Å². The third kappa shape index (κ3) is 4.36. The van der Waals surface area contributed by atoms with Crippen molar-refractivity contribution in [1.82, 2.24) is 10.3 Å². The molecule has 0 aliphatic rings. The molecular weight excluding hydrogens is 363 g/mol. The second kappa shape index (κ2) is 7.65. The van der Waals surface area contributed by atoms with E-state index in [2.05, 4.69) is 9.72 Å². The Hall–Kier alpha value is -3.10. The minimum atomic E-state index is -5.22. The zero-order valence-electron chi connectivity index (χ0n) is 14.8. The lowest BCUT2D eigenvalue weighted by atomic mass is 10.1. The molecule has 27 heavy (non-hydrogen) atoms. The van der Waals surface area contributed by atoms with Crippen LogP contribution in [0.3, 0.4) is 0 Å². The minimum Gasteiger partial charge on any atom is -0.466 e. The molecule has 144 valence electrons. The van der Waals surface area contributed by atoms with E-state index in [1.54, 1.807) is 31.3 Å². The average molecular weight is 381 g/mol. The molecule has 6 nitrogen and oxygen atoms in total. The number of anilines is 1. The molecule has 0 unspecified atom stereocenters. The largest absolute Gasteiger partial charge is 0.466 e. The van der Waals surface area contributed by atoms with Crippen LogP contribution in [-0.4, -0.2) is 35.8 Å². The Morgan fingerprint density at radius 2 is 1.74 bits per heavy atom. The van der Waals surface area contributed by atoms with Crippen molar-refractivity contribution in [2.45, 2.75) is 25.7 Å². The molecule has 1 amide bonds. The van der Waals surface area contributed by atoms with Crippen LogP contribution in [0.2, 0.25) is 0 Å². The predicted octanol–water partition coefficient (Wildman–Crippen LogP) is 2.97. The van der Waals surface area contributed by atoms with Gasteiger partial charge in [0.25, 0.3) is 5.91 Å². The molecule has 0 spiro atoms. The molecule has 0 saturated carbocycles. The molecule has 0 radical (unpaired) electrons. The summed E-state index contributed by atoms with van der Waals surface area (Å²) in [5.74, 6) is -3.07. The molecule has 0 aliphatic carbocycles. The van der Waals surface area contributed by atoms with Crippen LogP contribution < -0.4 is 10.6 Å². The Morgan fingerprint density at radius 3 is 2.30 bits per heavy atom. The Morgan fingerprint density at radius 1 is 1.07 bits per heavy atom. The molecule has 9 heteroatoms. The number of methoxy groups -OCH3 is 1. The normalized spacial score (nSPS) is 13.4. The first kappa shape index (κ1) is 20.2. The molecule has 1 atom stereocenters. The van der Waals surface area contributed by atoms with E-state index in [4.69, 9.17) is 0 Å². The fourth-order valence-corrected chi connectivity index (χ4v) is 2.37. The molecule has 2 aromatic rings. The number of hydrogen-bond acceptors (Lipinski definition) is 5. The number of pyridine rings is 1. The Labute approximate surface area is 153 Å². The third-order valence-corrected chi connectivity index (χ3v) is 3.73. The summed E-state index contributed by atoms with van der Waals surface area (Å²) in [5.41, 5.74) is -2.26. The summed E-state index contributed by atoms with van der Waals surface area (Å²) in [7, 11) is 0.799. The lowest BCUT2D eigenvalue weighted by Crippen LogP contribution is -2.69. The van der Waals surface area contributed by atoms with Gasteiger partial charge in [0.2, 0.25) is 0 Å². The Bertz CT molecular complexity index is 855. The number of carbonyl (C=O) groups excluding carboxylic acids is 2. The maximum Gasteiger partial charge on any atom is 0.441 e. The quantitative estimate of drug-likeness (QED) is 0.615. The van der Waals surface area contributed by atoms with Gasteiger partial charge in [-0.3, -0.25) is 4.79 Å². The summed E-state index contributed by atoms with van der Waals surface area (Å²) in [5, 5.41) is 3.74. The van der Waals surface area contributed by atoms with Gasteiger partial charge in [-0.25, -0.2) is 9.78 Å². The van der Waals surface area contributed by atoms with E-state index < -0.39 is 23.7 Å². The number of benzene rings is 1. The molecule has 0 saturated heterocycles. The number of nitrogens with one attached hydrogen (secondary N) is 2. The van der Waals surface area contributed by atoms with Crippen LogP contribution in [0.4, 0.5) is 19.0 Å². The smallest absolute Gasteiger partial charge is 0.441 e. The van der Waals surface area contributed by atoms with Crippen LogP contribution in [-0.2, 0) is 9.53 Å². The lowest BCUT2D eigenvalue weighted by Gasteiger charge is -2.34. The number of carbonyl (C=O) groups is 2. The maximum atomic E-state index is 13.9. The first-order chi connectivity index (χ1) is 12.6. The Kier molecular flexibility index (Phi) is 5.72. The lowest BCUT2D eigenvalue weighted by molar-refractivity contribution is -0.203. The number of hydrogen-bond donors (Lipinski definition) is 2. The van der Waals surface area contributed by atoms with Crippen LogP contribution in [0.15, 0.2) is 42.6 Å². The number of aromatic nitrogens is 1. The molecule has 1 heterocycles. The third-order valence-electron chi connectivity index (χ3n) is 3.73. The number of aryl methyl sites for hydroxylation is 2. The summed E-state index contributed by atoms with van der Waals surface area (Å²) in [6.07, 6.45) is -3.94. The van der Waals surface area contributed by atoms with Gasteiger partial charge in [-0.2, -0.15) is 13.2 Å². The summed E-state index contributed by atoms with van der Waals surface area (Å²) in [4.78, 5) is 28.4. The monoisotopic (exact) mass is 381 g/mol. The highest BCUT2D eigenvalue weighted by Crippen LogP contribution is 2.33.